The van der Waals surface area contributed by atoms with E-state index < -0.39 is 6.29 Å². The standard InChI is InChI=1S/C28H40O2.C4H8.C3H8/c1-5-12-25(27(2,3)4)23-15-17-24(18-16-23)30-26(29)28(19-10-7-11-20-28)21-22-13-8-6-9-14-22;1-3-4-2;1-3-2/h6,8-9,13-18,25-26,29H,5,7,10-12,19-21H2,1-4H3;3-4H,1-2H3;3H2,1-2H3/b;4-3-;. The van der Waals surface area contributed by atoms with Crippen molar-refractivity contribution in [3.8, 4) is 5.75 Å². The van der Waals surface area contributed by atoms with E-state index >= 15 is 0 Å². The molecule has 3 rings (SSSR count). The molecule has 1 aliphatic carbocycles. The first kappa shape index (κ1) is 33.0. The van der Waals surface area contributed by atoms with Gasteiger partial charge < -0.3 is 9.84 Å². The van der Waals surface area contributed by atoms with Gasteiger partial charge in [0.2, 0.25) is 6.29 Å². The topological polar surface area (TPSA) is 29.5 Å². The first-order valence-corrected chi connectivity index (χ1v) is 14.7. The summed E-state index contributed by atoms with van der Waals surface area (Å²) < 4.78 is 6.17. The summed E-state index contributed by atoms with van der Waals surface area (Å²) in [5.41, 5.74) is 2.68. The Balaban J connectivity index is 0.000000873. The fourth-order valence-corrected chi connectivity index (χ4v) is 5.19. The van der Waals surface area contributed by atoms with Gasteiger partial charge in [-0.3, -0.25) is 0 Å². The minimum Gasteiger partial charge on any atom is -0.465 e. The quantitative estimate of drug-likeness (QED) is 0.284. The van der Waals surface area contributed by atoms with Gasteiger partial charge in [-0.1, -0.05) is 128 Å². The fraction of sp³-hybridized carbons (Fsp3) is 0.600. The highest BCUT2D eigenvalue weighted by Crippen LogP contribution is 2.43. The van der Waals surface area contributed by atoms with Gasteiger partial charge in [0.1, 0.15) is 5.75 Å². The molecule has 0 aliphatic heterocycles. The van der Waals surface area contributed by atoms with Crippen LogP contribution in [0.4, 0.5) is 0 Å². The van der Waals surface area contributed by atoms with Crippen LogP contribution in [0.15, 0.2) is 66.7 Å². The lowest BCUT2D eigenvalue weighted by atomic mass is 9.69. The molecule has 0 bridgehead atoms. The molecule has 0 radical (unpaired) electrons. The van der Waals surface area contributed by atoms with Gasteiger partial charge in [-0.2, -0.15) is 0 Å². The van der Waals surface area contributed by atoms with Crippen molar-refractivity contribution in [1.29, 1.82) is 0 Å². The molecule has 1 N–H and O–H groups in total. The van der Waals surface area contributed by atoms with Gasteiger partial charge in [0.15, 0.2) is 0 Å². The number of rotatable bonds is 8. The van der Waals surface area contributed by atoms with E-state index in [0.717, 1.165) is 37.9 Å². The van der Waals surface area contributed by atoms with Crippen molar-refractivity contribution in [1.82, 2.24) is 0 Å². The average Bonchev–Trinajstić information content (AvgIpc) is 2.89. The molecule has 2 aromatic rings. The lowest BCUT2D eigenvalue weighted by molar-refractivity contribution is -0.130. The number of hydrogen-bond donors (Lipinski definition) is 1. The lowest BCUT2D eigenvalue weighted by Crippen LogP contribution is -2.42. The maximum Gasteiger partial charge on any atom is 0.203 e. The second-order valence-electron chi connectivity index (χ2n) is 11.7. The monoisotopic (exact) mass is 508 g/mol. The molecule has 208 valence electrons. The highest BCUT2D eigenvalue weighted by atomic mass is 16.6. The number of aliphatic hydroxyl groups is 1. The first-order chi connectivity index (χ1) is 17.7. The number of hydrogen-bond acceptors (Lipinski definition) is 2. The van der Waals surface area contributed by atoms with E-state index in [0.29, 0.717) is 5.92 Å². The fourth-order valence-electron chi connectivity index (χ4n) is 5.19. The Morgan fingerprint density at radius 3 is 1.86 bits per heavy atom. The molecule has 0 spiro atoms. The third kappa shape index (κ3) is 11.5. The summed E-state index contributed by atoms with van der Waals surface area (Å²) in [6.45, 7) is 17.5. The highest BCUT2D eigenvalue weighted by molar-refractivity contribution is 5.31. The van der Waals surface area contributed by atoms with E-state index in [2.05, 4.69) is 84.0 Å². The number of ether oxygens (including phenoxy) is 1. The Bertz CT molecular complexity index is 835. The van der Waals surface area contributed by atoms with E-state index in [1.165, 1.54) is 36.8 Å². The van der Waals surface area contributed by atoms with Crippen molar-refractivity contribution in [2.45, 2.75) is 125 Å². The van der Waals surface area contributed by atoms with Crippen molar-refractivity contribution in [2.75, 3.05) is 0 Å². The van der Waals surface area contributed by atoms with Crippen LogP contribution in [0.1, 0.15) is 124 Å². The first-order valence-electron chi connectivity index (χ1n) is 14.7. The van der Waals surface area contributed by atoms with Crippen LogP contribution in [0.3, 0.4) is 0 Å². The second kappa shape index (κ2) is 17.4. The van der Waals surface area contributed by atoms with Gasteiger partial charge in [0.25, 0.3) is 0 Å². The molecular weight excluding hydrogens is 452 g/mol. The van der Waals surface area contributed by atoms with Crippen LogP contribution in [-0.4, -0.2) is 11.4 Å². The molecule has 2 aromatic carbocycles. The van der Waals surface area contributed by atoms with Gasteiger partial charge in [0, 0.05) is 5.41 Å². The molecule has 0 amide bonds. The van der Waals surface area contributed by atoms with Crippen molar-refractivity contribution in [3.63, 3.8) is 0 Å². The summed E-state index contributed by atoms with van der Waals surface area (Å²) >= 11 is 0. The Kier molecular flexibility index (Phi) is 15.5. The van der Waals surface area contributed by atoms with Crippen LogP contribution in [-0.2, 0) is 6.42 Å². The molecule has 0 saturated heterocycles. The Labute approximate surface area is 229 Å². The maximum atomic E-state index is 11.2. The molecule has 2 unspecified atom stereocenters. The van der Waals surface area contributed by atoms with E-state index in [9.17, 15) is 5.11 Å². The minimum absolute atomic E-state index is 0.200. The highest BCUT2D eigenvalue weighted by Gasteiger charge is 2.41. The molecule has 1 fully saturated rings. The molecule has 2 atom stereocenters. The Morgan fingerprint density at radius 2 is 1.41 bits per heavy atom. The van der Waals surface area contributed by atoms with Crippen molar-refractivity contribution < 1.29 is 9.84 Å². The Hall–Kier alpha value is -2.06. The zero-order valence-electron chi connectivity index (χ0n) is 25.2. The summed E-state index contributed by atoms with van der Waals surface area (Å²) in [7, 11) is 0. The van der Waals surface area contributed by atoms with Gasteiger partial charge in [-0.25, -0.2) is 0 Å². The summed E-state index contributed by atoms with van der Waals surface area (Å²) in [4.78, 5) is 0. The van der Waals surface area contributed by atoms with Gasteiger partial charge in [-0.15, -0.1) is 0 Å². The van der Waals surface area contributed by atoms with Crippen LogP contribution >= 0.6 is 0 Å². The molecule has 2 heteroatoms. The van der Waals surface area contributed by atoms with E-state index in [-0.39, 0.29) is 10.8 Å². The van der Waals surface area contributed by atoms with Crippen molar-refractivity contribution in [3.05, 3.63) is 77.9 Å². The summed E-state index contributed by atoms with van der Waals surface area (Å²) in [5.74, 6) is 1.30. The molecule has 1 saturated carbocycles. The zero-order valence-corrected chi connectivity index (χ0v) is 25.2. The molecule has 2 nitrogen and oxygen atoms in total. The number of allylic oxidation sites excluding steroid dienone is 2. The summed E-state index contributed by atoms with van der Waals surface area (Å²) in [6.07, 6.45) is 13.3. The largest absolute Gasteiger partial charge is 0.465 e. The normalized spacial score (nSPS) is 16.6. The minimum atomic E-state index is -0.780. The van der Waals surface area contributed by atoms with Crippen LogP contribution in [0.25, 0.3) is 0 Å². The van der Waals surface area contributed by atoms with Gasteiger partial charge >= 0.3 is 0 Å². The van der Waals surface area contributed by atoms with Crippen molar-refractivity contribution in [2.24, 2.45) is 10.8 Å². The predicted octanol–water partition coefficient (Wildman–Crippen LogP) is 10.5. The summed E-state index contributed by atoms with van der Waals surface area (Å²) in [6, 6.07) is 19.0. The molecular formula is C35H56O2. The van der Waals surface area contributed by atoms with Gasteiger partial charge in [0.05, 0.1) is 0 Å². The summed E-state index contributed by atoms with van der Waals surface area (Å²) in [5, 5.41) is 11.2. The third-order valence-corrected chi connectivity index (χ3v) is 7.26. The number of aliphatic hydroxyl groups excluding tert-OH is 1. The Morgan fingerprint density at radius 1 is 0.865 bits per heavy atom. The third-order valence-electron chi connectivity index (χ3n) is 7.26. The van der Waals surface area contributed by atoms with Crippen LogP contribution in [0.2, 0.25) is 0 Å². The SMILES string of the molecule is C/C=C\C.CCC.CCCC(c1ccc(OC(O)C2(Cc3ccccc3)CCCCC2)cc1)C(C)(C)C. The smallest absolute Gasteiger partial charge is 0.203 e. The second-order valence-corrected chi connectivity index (χ2v) is 11.7. The van der Waals surface area contributed by atoms with Crippen LogP contribution in [0.5, 0.6) is 5.75 Å². The van der Waals surface area contributed by atoms with Gasteiger partial charge in [-0.05, 0) is 74.1 Å². The van der Waals surface area contributed by atoms with E-state index in [1.807, 2.05) is 38.1 Å². The maximum absolute atomic E-state index is 11.2. The van der Waals surface area contributed by atoms with E-state index in [4.69, 9.17) is 4.74 Å². The molecule has 0 aromatic heterocycles. The lowest BCUT2D eigenvalue weighted by Gasteiger charge is -2.41. The average molecular weight is 509 g/mol. The zero-order chi connectivity index (χ0) is 27.7. The van der Waals surface area contributed by atoms with Crippen molar-refractivity contribution >= 4 is 0 Å². The van der Waals surface area contributed by atoms with Crippen LogP contribution in [0, 0.1) is 10.8 Å². The number of benzene rings is 2. The van der Waals surface area contributed by atoms with Crippen LogP contribution < -0.4 is 4.74 Å². The molecule has 1 aliphatic rings. The predicted molar refractivity (Wildman–Crippen MR) is 162 cm³/mol. The van der Waals surface area contributed by atoms with E-state index in [1.54, 1.807) is 0 Å². The molecule has 37 heavy (non-hydrogen) atoms. The molecule has 0 heterocycles.